The highest BCUT2D eigenvalue weighted by atomic mass is 127. The van der Waals surface area contributed by atoms with Crippen LogP contribution in [0.2, 0.25) is 0 Å². The first-order chi connectivity index (χ1) is 8.14. The van der Waals surface area contributed by atoms with Gasteiger partial charge in [0.15, 0.2) is 0 Å². The van der Waals surface area contributed by atoms with Crippen molar-refractivity contribution in [1.82, 2.24) is 0 Å². The fourth-order valence-electron chi connectivity index (χ4n) is 0.969. The Balaban J connectivity index is 5.72. The van der Waals surface area contributed by atoms with Crippen LogP contribution in [-0.2, 0) is 0 Å². The molecule has 0 spiro atoms. The average Bonchev–Trinajstić information content (AvgIpc) is 2.24. The first kappa shape index (κ1) is 18.6. The van der Waals surface area contributed by atoms with Crippen LogP contribution >= 0.6 is 22.6 Å². The number of nitrogens with zero attached hydrogens (tertiary/aromatic N) is 1. The minimum atomic E-state index is -6.91. The fourth-order valence-corrected chi connectivity index (χ4v) is 1.42. The average molecular weight is 413 g/mol. The van der Waals surface area contributed by atoms with Crippen LogP contribution in [0.25, 0.3) is 0 Å². The quantitative estimate of drug-likeness (QED) is 0.381. The molecule has 0 saturated heterocycles. The molecule has 19 heavy (non-hydrogen) atoms. The molecule has 1 nitrogen and oxygen atoms in total. The first-order valence-electron chi connectivity index (χ1n) is 4.38. The number of rotatable bonds is 4. The summed E-state index contributed by atoms with van der Waals surface area (Å²) in [4.78, 5) is 0. The summed E-state index contributed by atoms with van der Waals surface area (Å²) in [6.07, 6.45) is -6.84. The number of alkyl halides is 10. The standard InChI is InChI=1S/C8H5F9IN/c1-3(4(18)2-19)5(9,10)6(11,12)7(13,14)8(15,16)17/h3-4H,1H3. The number of nitriles is 1. The molecule has 0 aromatic carbocycles. The summed E-state index contributed by atoms with van der Waals surface area (Å²) in [7, 11) is 0. The van der Waals surface area contributed by atoms with Crippen molar-refractivity contribution in [3.05, 3.63) is 0 Å². The van der Waals surface area contributed by atoms with Gasteiger partial charge in [0.2, 0.25) is 0 Å². The lowest BCUT2D eigenvalue weighted by molar-refractivity contribution is -0.401. The second-order valence-electron chi connectivity index (χ2n) is 3.59. The van der Waals surface area contributed by atoms with Crippen molar-refractivity contribution >= 4 is 22.6 Å². The maximum atomic E-state index is 13.2. The van der Waals surface area contributed by atoms with E-state index in [1.807, 2.05) is 0 Å². The van der Waals surface area contributed by atoms with Gasteiger partial charge in [0.1, 0.15) is 3.92 Å². The Morgan fingerprint density at radius 2 is 1.26 bits per heavy atom. The Bertz CT molecular complexity index is 369. The molecule has 2 unspecified atom stereocenters. The van der Waals surface area contributed by atoms with E-state index in [0.29, 0.717) is 6.92 Å². The van der Waals surface area contributed by atoms with Gasteiger partial charge in [-0.25, -0.2) is 0 Å². The lowest BCUT2D eigenvalue weighted by Gasteiger charge is -2.36. The Morgan fingerprint density at radius 3 is 1.53 bits per heavy atom. The predicted molar refractivity (Wildman–Crippen MR) is 53.5 cm³/mol. The highest BCUT2D eigenvalue weighted by molar-refractivity contribution is 14.1. The Labute approximate surface area is 114 Å². The highest BCUT2D eigenvalue weighted by Crippen LogP contribution is 2.55. The van der Waals surface area contributed by atoms with Crippen molar-refractivity contribution in [2.24, 2.45) is 5.92 Å². The Kier molecular flexibility index (Phi) is 5.06. The lowest BCUT2D eigenvalue weighted by Crippen LogP contribution is -2.63. The van der Waals surface area contributed by atoms with Gasteiger partial charge in [-0.15, -0.1) is 0 Å². The molecule has 2 atom stereocenters. The Hall–Kier alpha value is -0.410. The number of hydrogen-bond acceptors (Lipinski definition) is 1. The summed E-state index contributed by atoms with van der Waals surface area (Å²) in [5, 5.41) is 8.25. The third kappa shape index (κ3) is 2.87. The van der Waals surface area contributed by atoms with Crippen molar-refractivity contribution in [1.29, 1.82) is 5.26 Å². The molecule has 0 heterocycles. The van der Waals surface area contributed by atoms with E-state index in [9.17, 15) is 39.5 Å². The first-order valence-corrected chi connectivity index (χ1v) is 5.63. The van der Waals surface area contributed by atoms with Crippen LogP contribution in [0.4, 0.5) is 39.5 Å². The topological polar surface area (TPSA) is 23.8 Å². The molecular formula is C8H5F9IN. The van der Waals surface area contributed by atoms with Gasteiger partial charge < -0.3 is 0 Å². The smallest absolute Gasteiger partial charge is 0.199 e. The molecule has 0 radical (unpaired) electrons. The molecule has 0 N–H and O–H groups in total. The van der Waals surface area contributed by atoms with Gasteiger partial charge >= 0.3 is 23.9 Å². The van der Waals surface area contributed by atoms with E-state index in [0.717, 1.165) is 28.7 Å². The van der Waals surface area contributed by atoms with Gasteiger partial charge in [0.25, 0.3) is 0 Å². The van der Waals surface area contributed by atoms with Crippen LogP contribution in [0, 0.1) is 17.2 Å². The molecule has 0 aromatic heterocycles. The zero-order chi connectivity index (χ0) is 15.9. The van der Waals surface area contributed by atoms with Crippen LogP contribution in [-0.4, -0.2) is 27.9 Å². The van der Waals surface area contributed by atoms with E-state index in [1.165, 1.54) is 0 Å². The summed E-state index contributed by atoms with van der Waals surface area (Å²) >= 11 is 0.945. The number of halogens is 10. The maximum absolute atomic E-state index is 13.2. The van der Waals surface area contributed by atoms with Crippen molar-refractivity contribution in [3.8, 4) is 6.07 Å². The van der Waals surface area contributed by atoms with Crippen molar-refractivity contribution in [2.45, 2.75) is 34.8 Å². The largest absolute Gasteiger partial charge is 0.460 e. The minimum Gasteiger partial charge on any atom is -0.199 e. The second kappa shape index (κ2) is 5.17. The normalized spacial score (nSPS) is 17.8. The fraction of sp³-hybridized carbons (Fsp3) is 0.875. The van der Waals surface area contributed by atoms with E-state index in [2.05, 4.69) is 0 Å². The zero-order valence-electron chi connectivity index (χ0n) is 8.88. The van der Waals surface area contributed by atoms with E-state index >= 15 is 0 Å². The van der Waals surface area contributed by atoms with Crippen LogP contribution < -0.4 is 0 Å². The summed E-state index contributed by atoms with van der Waals surface area (Å²) in [5.74, 6) is -22.0. The van der Waals surface area contributed by atoms with Crippen LogP contribution in [0.5, 0.6) is 0 Å². The molecule has 0 aliphatic rings. The van der Waals surface area contributed by atoms with Crippen LogP contribution in [0.15, 0.2) is 0 Å². The predicted octanol–water partition coefficient (Wildman–Crippen LogP) is 4.42. The molecule has 0 aliphatic carbocycles. The summed E-state index contributed by atoms with van der Waals surface area (Å²) < 4.78 is 111. The van der Waals surface area contributed by atoms with Crippen molar-refractivity contribution in [2.75, 3.05) is 0 Å². The summed E-state index contributed by atoms with van der Waals surface area (Å²) in [6.45, 7) is 0.292. The third-order valence-electron chi connectivity index (χ3n) is 2.30. The summed E-state index contributed by atoms with van der Waals surface area (Å²) in [5.41, 5.74) is 0. The van der Waals surface area contributed by atoms with Crippen molar-refractivity contribution < 1.29 is 39.5 Å². The summed E-state index contributed by atoms with van der Waals surface area (Å²) in [6, 6.07) is 1.08. The van der Waals surface area contributed by atoms with Crippen LogP contribution in [0.3, 0.4) is 0 Å². The molecule has 0 aromatic rings. The van der Waals surface area contributed by atoms with Gasteiger partial charge in [-0.2, -0.15) is 44.8 Å². The van der Waals surface area contributed by atoms with E-state index in [1.54, 1.807) is 0 Å². The highest BCUT2D eigenvalue weighted by Gasteiger charge is 2.82. The van der Waals surface area contributed by atoms with Gasteiger partial charge in [-0.3, -0.25) is 0 Å². The van der Waals surface area contributed by atoms with E-state index in [4.69, 9.17) is 5.26 Å². The molecule has 0 amide bonds. The molecule has 0 fully saturated rings. The van der Waals surface area contributed by atoms with Gasteiger partial charge in [0.05, 0.1) is 12.0 Å². The third-order valence-corrected chi connectivity index (χ3v) is 3.66. The molecule has 11 heteroatoms. The number of hydrogen-bond donors (Lipinski definition) is 0. The molecule has 0 rings (SSSR count). The van der Waals surface area contributed by atoms with E-state index in [-0.39, 0.29) is 0 Å². The molecular weight excluding hydrogens is 408 g/mol. The molecule has 112 valence electrons. The van der Waals surface area contributed by atoms with Crippen molar-refractivity contribution in [3.63, 3.8) is 0 Å². The second-order valence-corrected chi connectivity index (χ2v) is 4.93. The molecule has 0 saturated carbocycles. The maximum Gasteiger partial charge on any atom is 0.460 e. The molecule has 0 bridgehead atoms. The molecule has 0 aliphatic heterocycles. The Morgan fingerprint density at radius 1 is 0.895 bits per heavy atom. The van der Waals surface area contributed by atoms with Gasteiger partial charge in [-0.1, -0.05) is 29.5 Å². The lowest BCUT2D eigenvalue weighted by atomic mass is 9.91. The monoisotopic (exact) mass is 413 g/mol. The van der Waals surface area contributed by atoms with E-state index < -0.39 is 33.8 Å². The van der Waals surface area contributed by atoms with Gasteiger partial charge in [0, 0.05) is 0 Å². The minimum absolute atomic E-state index is 0.292. The van der Waals surface area contributed by atoms with Gasteiger partial charge in [-0.05, 0) is 0 Å². The van der Waals surface area contributed by atoms with Crippen LogP contribution in [0.1, 0.15) is 6.92 Å². The zero-order valence-corrected chi connectivity index (χ0v) is 11.0. The SMILES string of the molecule is CC(C(I)C#N)C(F)(F)C(F)(F)C(F)(F)C(F)(F)F.